The van der Waals surface area contributed by atoms with Gasteiger partial charge in [0, 0.05) is 6.42 Å². The van der Waals surface area contributed by atoms with Crippen LogP contribution in [0.1, 0.15) is 73.4 Å². The van der Waals surface area contributed by atoms with Crippen LogP contribution in [0.2, 0.25) is 0 Å². The fourth-order valence-electron chi connectivity index (χ4n) is 2.47. The van der Waals surface area contributed by atoms with E-state index in [1.807, 2.05) is 26.0 Å². The van der Waals surface area contributed by atoms with E-state index in [9.17, 15) is 4.79 Å². The average molecular weight is 276 g/mol. The lowest BCUT2D eigenvalue weighted by Crippen LogP contribution is -2.04. The van der Waals surface area contributed by atoms with E-state index in [1.54, 1.807) is 7.11 Å². The predicted octanol–water partition coefficient (Wildman–Crippen LogP) is 5.25. The molecule has 0 radical (unpaired) electrons. The van der Waals surface area contributed by atoms with E-state index in [0.717, 1.165) is 35.3 Å². The van der Waals surface area contributed by atoms with Crippen molar-refractivity contribution in [1.82, 2.24) is 0 Å². The SMILES string of the molecule is CCCCCCCCC(=O)c1ccc(C)c(C)c1OC. The Kier molecular flexibility index (Phi) is 7.35. The number of methoxy groups -OCH3 is 1. The highest BCUT2D eigenvalue weighted by atomic mass is 16.5. The van der Waals surface area contributed by atoms with Crippen molar-refractivity contribution in [2.45, 2.75) is 65.7 Å². The van der Waals surface area contributed by atoms with Crippen molar-refractivity contribution >= 4 is 5.78 Å². The van der Waals surface area contributed by atoms with Crippen LogP contribution in [0.25, 0.3) is 0 Å². The third-order valence-corrected chi connectivity index (χ3v) is 3.94. The first kappa shape index (κ1) is 16.7. The third kappa shape index (κ3) is 4.66. The zero-order valence-corrected chi connectivity index (χ0v) is 13.4. The number of hydrogen-bond donors (Lipinski definition) is 0. The number of carbonyl (C=O) groups is 1. The standard InChI is InChI=1S/C18H28O2/c1-5-6-7-8-9-10-11-17(19)16-13-12-14(2)15(3)18(16)20-4/h12-13H,5-11H2,1-4H3. The van der Waals surface area contributed by atoms with E-state index in [2.05, 4.69) is 6.92 Å². The van der Waals surface area contributed by atoms with Crippen LogP contribution >= 0.6 is 0 Å². The first-order valence-corrected chi connectivity index (χ1v) is 7.79. The summed E-state index contributed by atoms with van der Waals surface area (Å²) in [6.07, 6.45) is 7.86. The van der Waals surface area contributed by atoms with E-state index < -0.39 is 0 Å². The maximum absolute atomic E-state index is 12.3. The van der Waals surface area contributed by atoms with E-state index in [4.69, 9.17) is 4.74 Å². The molecule has 0 aromatic heterocycles. The number of ketones is 1. The lowest BCUT2D eigenvalue weighted by Gasteiger charge is -2.12. The van der Waals surface area contributed by atoms with Gasteiger partial charge in [-0.25, -0.2) is 0 Å². The number of carbonyl (C=O) groups excluding carboxylic acids is 1. The number of ether oxygens (including phenoxy) is 1. The summed E-state index contributed by atoms with van der Waals surface area (Å²) in [4.78, 5) is 12.3. The molecule has 0 fully saturated rings. The fraction of sp³-hybridized carbons (Fsp3) is 0.611. The van der Waals surface area contributed by atoms with Gasteiger partial charge in [-0.1, -0.05) is 45.1 Å². The van der Waals surface area contributed by atoms with Gasteiger partial charge in [-0.15, -0.1) is 0 Å². The topological polar surface area (TPSA) is 26.3 Å². The molecule has 2 heteroatoms. The van der Waals surface area contributed by atoms with Crippen molar-refractivity contribution in [3.63, 3.8) is 0 Å². The van der Waals surface area contributed by atoms with Crippen molar-refractivity contribution in [2.24, 2.45) is 0 Å². The summed E-state index contributed by atoms with van der Waals surface area (Å²) in [5.74, 6) is 0.960. The van der Waals surface area contributed by atoms with Gasteiger partial charge in [-0.05, 0) is 37.5 Å². The Labute approximate surface area is 123 Å². The first-order valence-electron chi connectivity index (χ1n) is 7.79. The van der Waals surface area contributed by atoms with Crippen LogP contribution < -0.4 is 4.74 Å². The molecule has 0 saturated carbocycles. The number of aryl methyl sites for hydroxylation is 1. The summed E-state index contributed by atoms with van der Waals surface area (Å²) in [6, 6.07) is 3.91. The van der Waals surface area contributed by atoms with Crippen molar-refractivity contribution in [2.75, 3.05) is 7.11 Å². The minimum Gasteiger partial charge on any atom is -0.496 e. The fourth-order valence-corrected chi connectivity index (χ4v) is 2.47. The Morgan fingerprint density at radius 2 is 1.70 bits per heavy atom. The molecule has 2 nitrogen and oxygen atoms in total. The molecular formula is C18H28O2. The zero-order valence-electron chi connectivity index (χ0n) is 13.4. The Bertz CT molecular complexity index is 435. The monoisotopic (exact) mass is 276 g/mol. The van der Waals surface area contributed by atoms with Gasteiger partial charge in [0.1, 0.15) is 5.75 Å². The molecule has 0 aliphatic carbocycles. The van der Waals surface area contributed by atoms with Gasteiger partial charge < -0.3 is 4.74 Å². The average Bonchev–Trinajstić information content (AvgIpc) is 2.45. The van der Waals surface area contributed by atoms with Crippen LogP contribution in [-0.4, -0.2) is 12.9 Å². The van der Waals surface area contributed by atoms with Gasteiger partial charge in [-0.3, -0.25) is 4.79 Å². The van der Waals surface area contributed by atoms with Crippen LogP contribution in [0.3, 0.4) is 0 Å². The second kappa shape index (κ2) is 8.78. The maximum atomic E-state index is 12.3. The van der Waals surface area contributed by atoms with Crippen molar-refractivity contribution in [3.05, 3.63) is 28.8 Å². The molecule has 0 aliphatic heterocycles. The third-order valence-electron chi connectivity index (χ3n) is 3.94. The minimum absolute atomic E-state index is 0.209. The summed E-state index contributed by atoms with van der Waals surface area (Å²) in [5, 5.41) is 0. The Balaban J connectivity index is 2.53. The molecule has 20 heavy (non-hydrogen) atoms. The normalized spacial score (nSPS) is 10.6. The zero-order chi connectivity index (χ0) is 15.0. The molecule has 0 saturated heterocycles. The van der Waals surface area contributed by atoms with Crippen molar-refractivity contribution in [3.8, 4) is 5.75 Å². The molecule has 0 aliphatic rings. The molecule has 1 aromatic carbocycles. The molecule has 0 N–H and O–H groups in total. The van der Waals surface area contributed by atoms with Crippen LogP contribution in [0.4, 0.5) is 0 Å². The summed E-state index contributed by atoms with van der Waals surface area (Å²) in [5.41, 5.74) is 2.98. The van der Waals surface area contributed by atoms with Crippen LogP contribution in [0.15, 0.2) is 12.1 Å². The highest BCUT2D eigenvalue weighted by Crippen LogP contribution is 2.27. The first-order chi connectivity index (χ1) is 9.61. The second-order valence-electron chi connectivity index (χ2n) is 5.53. The van der Waals surface area contributed by atoms with Crippen molar-refractivity contribution in [1.29, 1.82) is 0 Å². The van der Waals surface area contributed by atoms with Gasteiger partial charge in [0.2, 0.25) is 0 Å². The molecule has 0 spiro atoms. The Hall–Kier alpha value is -1.31. The number of benzene rings is 1. The van der Waals surface area contributed by atoms with Crippen LogP contribution in [0.5, 0.6) is 5.75 Å². The molecule has 0 unspecified atom stereocenters. The Morgan fingerprint density at radius 3 is 2.35 bits per heavy atom. The quantitative estimate of drug-likeness (QED) is 0.455. The molecule has 0 heterocycles. The van der Waals surface area contributed by atoms with E-state index in [1.165, 1.54) is 25.7 Å². The van der Waals surface area contributed by atoms with Gasteiger partial charge >= 0.3 is 0 Å². The maximum Gasteiger partial charge on any atom is 0.166 e. The molecule has 1 aromatic rings. The summed E-state index contributed by atoms with van der Waals surface area (Å²) >= 11 is 0. The second-order valence-corrected chi connectivity index (χ2v) is 5.53. The Morgan fingerprint density at radius 1 is 1.05 bits per heavy atom. The number of rotatable bonds is 9. The largest absolute Gasteiger partial charge is 0.496 e. The van der Waals surface area contributed by atoms with Gasteiger partial charge in [0.05, 0.1) is 12.7 Å². The lowest BCUT2D eigenvalue weighted by atomic mass is 9.98. The molecule has 112 valence electrons. The number of hydrogen-bond acceptors (Lipinski definition) is 2. The van der Waals surface area contributed by atoms with Crippen molar-refractivity contribution < 1.29 is 9.53 Å². The summed E-state index contributed by atoms with van der Waals surface area (Å²) in [7, 11) is 1.64. The molecular weight excluding hydrogens is 248 g/mol. The van der Waals surface area contributed by atoms with E-state index >= 15 is 0 Å². The minimum atomic E-state index is 0.209. The van der Waals surface area contributed by atoms with E-state index in [0.29, 0.717) is 6.42 Å². The summed E-state index contributed by atoms with van der Waals surface area (Å²) in [6.45, 7) is 6.27. The lowest BCUT2D eigenvalue weighted by molar-refractivity contribution is 0.0976. The van der Waals surface area contributed by atoms with Gasteiger partial charge in [0.25, 0.3) is 0 Å². The van der Waals surface area contributed by atoms with Gasteiger partial charge in [-0.2, -0.15) is 0 Å². The smallest absolute Gasteiger partial charge is 0.166 e. The van der Waals surface area contributed by atoms with Crippen LogP contribution in [-0.2, 0) is 0 Å². The highest BCUT2D eigenvalue weighted by Gasteiger charge is 2.14. The van der Waals surface area contributed by atoms with Crippen LogP contribution in [0, 0.1) is 13.8 Å². The van der Waals surface area contributed by atoms with E-state index in [-0.39, 0.29) is 5.78 Å². The molecule has 0 atom stereocenters. The number of unbranched alkanes of at least 4 members (excludes halogenated alkanes) is 5. The molecule has 0 amide bonds. The predicted molar refractivity (Wildman–Crippen MR) is 84.8 cm³/mol. The molecule has 0 bridgehead atoms. The number of Topliss-reactive ketones (excluding diaryl/α,β-unsaturated/α-hetero) is 1. The molecule has 1 rings (SSSR count). The highest BCUT2D eigenvalue weighted by molar-refractivity contribution is 5.99. The van der Waals surface area contributed by atoms with Gasteiger partial charge in [0.15, 0.2) is 5.78 Å². The summed E-state index contributed by atoms with van der Waals surface area (Å²) < 4.78 is 5.42.